The Bertz CT molecular complexity index is 982. The van der Waals surface area contributed by atoms with Gasteiger partial charge in [-0.05, 0) is 62.5 Å². The number of rotatable bonds is 5. The summed E-state index contributed by atoms with van der Waals surface area (Å²) >= 11 is 18.0. The van der Waals surface area contributed by atoms with E-state index in [2.05, 4.69) is 15.7 Å². The van der Waals surface area contributed by atoms with Gasteiger partial charge >= 0.3 is 0 Å². The lowest BCUT2D eigenvalue weighted by Gasteiger charge is -2.12. The van der Waals surface area contributed by atoms with Gasteiger partial charge in [0, 0.05) is 21.3 Å². The lowest BCUT2D eigenvalue weighted by molar-refractivity contribution is 0.415. The summed E-state index contributed by atoms with van der Waals surface area (Å²) in [7, 11) is 1.63. The van der Waals surface area contributed by atoms with Crippen LogP contribution in [-0.2, 0) is 6.54 Å². The Morgan fingerprint density at radius 1 is 1.07 bits per heavy atom. The molecule has 2 aromatic carbocycles. The van der Waals surface area contributed by atoms with Crippen molar-refractivity contribution in [2.75, 3.05) is 17.7 Å². The molecule has 2 N–H and O–H groups in total. The zero-order valence-corrected chi connectivity index (χ0v) is 18.0. The molecule has 8 heteroatoms. The number of nitrogens with one attached hydrogen (secondary N) is 2. The van der Waals surface area contributed by atoms with Gasteiger partial charge in [-0.25, -0.2) is 0 Å². The van der Waals surface area contributed by atoms with E-state index in [0.29, 0.717) is 21.7 Å². The Morgan fingerprint density at radius 2 is 1.71 bits per heavy atom. The van der Waals surface area contributed by atoms with Gasteiger partial charge in [-0.3, -0.25) is 4.68 Å². The highest BCUT2D eigenvalue weighted by Gasteiger charge is 2.15. The van der Waals surface area contributed by atoms with Gasteiger partial charge in [-0.2, -0.15) is 5.10 Å². The Hall–Kier alpha value is -2.28. The van der Waals surface area contributed by atoms with Gasteiger partial charge in [0.05, 0.1) is 30.7 Å². The number of anilines is 2. The van der Waals surface area contributed by atoms with Crippen molar-refractivity contribution in [2.24, 2.45) is 0 Å². The predicted molar refractivity (Wildman–Crippen MR) is 120 cm³/mol. The number of methoxy groups -OCH3 is 1. The number of hydrogen-bond acceptors (Lipinski definition) is 3. The van der Waals surface area contributed by atoms with Crippen LogP contribution in [0.4, 0.5) is 11.4 Å². The van der Waals surface area contributed by atoms with Crippen LogP contribution in [0.3, 0.4) is 0 Å². The highest BCUT2D eigenvalue weighted by atomic mass is 35.5. The molecular weight excluding hydrogens is 415 g/mol. The molecule has 0 amide bonds. The molecule has 0 bridgehead atoms. The molecule has 3 aromatic rings. The third kappa shape index (κ3) is 4.58. The van der Waals surface area contributed by atoms with E-state index in [9.17, 15) is 0 Å². The molecule has 0 aliphatic rings. The SMILES string of the molecule is COc1ccc(NC(=S)Nc2c(C)nn(Cc3c(Cl)cccc3Cl)c2C)cc1. The number of ether oxygens (including phenoxy) is 1. The highest BCUT2D eigenvalue weighted by molar-refractivity contribution is 7.80. The average Bonchev–Trinajstić information content (AvgIpc) is 2.93. The molecule has 0 spiro atoms. The second-order valence-electron chi connectivity index (χ2n) is 6.21. The lowest BCUT2D eigenvalue weighted by atomic mass is 10.2. The summed E-state index contributed by atoms with van der Waals surface area (Å²) < 4.78 is 7.03. The van der Waals surface area contributed by atoms with E-state index in [1.165, 1.54) is 0 Å². The molecular formula is C20H20Cl2N4OS. The van der Waals surface area contributed by atoms with E-state index in [1.54, 1.807) is 7.11 Å². The van der Waals surface area contributed by atoms with Crippen molar-refractivity contribution in [1.29, 1.82) is 0 Å². The van der Waals surface area contributed by atoms with Gasteiger partial charge in [0.15, 0.2) is 5.11 Å². The molecule has 5 nitrogen and oxygen atoms in total. The smallest absolute Gasteiger partial charge is 0.175 e. The van der Waals surface area contributed by atoms with Gasteiger partial charge in [0.1, 0.15) is 5.75 Å². The maximum Gasteiger partial charge on any atom is 0.175 e. The first-order valence-corrected chi connectivity index (χ1v) is 9.74. The number of nitrogens with zero attached hydrogens (tertiary/aromatic N) is 2. The quantitative estimate of drug-likeness (QED) is 0.506. The van der Waals surface area contributed by atoms with Gasteiger partial charge in [-0.1, -0.05) is 29.3 Å². The highest BCUT2D eigenvalue weighted by Crippen LogP contribution is 2.27. The second-order valence-corrected chi connectivity index (χ2v) is 7.43. The molecule has 0 aliphatic carbocycles. The zero-order chi connectivity index (χ0) is 20.3. The first kappa shape index (κ1) is 20.5. The third-order valence-electron chi connectivity index (χ3n) is 4.34. The largest absolute Gasteiger partial charge is 0.497 e. The number of halogens is 2. The normalized spacial score (nSPS) is 10.6. The molecule has 0 fully saturated rings. The van der Waals surface area contributed by atoms with Gasteiger partial charge in [0.2, 0.25) is 0 Å². The molecule has 0 saturated carbocycles. The monoisotopic (exact) mass is 434 g/mol. The Labute approximate surface area is 179 Å². The number of aromatic nitrogens is 2. The fourth-order valence-electron chi connectivity index (χ4n) is 2.82. The zero-order valence-electron chi connectivity index (χ0n) is 15.7. The Morgan fingerprint density at radius 3 is 2.32 bits per heavy atom. The number of aryl methyl sites for hydroxylation is 1. The van der Waals surface area contributed by atoms with Crippen LogP contribution >= 0.6 is 35.4 Å². The summed E-state index contributed by atoms with van der Waals surface area (Å²) in [6.07, 6.45) is 0. The summed E-state index contributed by atoms with van der Waals surface area (Å²) in [5, 5.41) is 12.7. The van der Waals surface area contributed by atoms with E-state index < -0.39 is 0 Å². The van der Waals surface area contributed by atoms with E-state index in [0.717, 1.165) is 34.1 Å². The third-order valence-corrected chi connectivity index (χ3v) is 5.25. The van der Waals surface area contributed by atoms with Crippen LogP contribution in [0.2, 0.25) is 10.0 Å². The Balaban J connectivity index is 1.75. The summed E-state index contributed by atoms with van der Waals surface area (Å²) in [6.45, 7) is 4.38. The van der Waals surface area contributed by atoms with Crippen molar-refractivity contribution in [1.82, 2.24) is 9.78 Å². The van der Waals surface area contributed by atoms with Crippen molar-refractivity contribution < 1.29 is 4.74 Å². The van der Waals surface area contributed by atoms with Crippen LogP contribution < -0.4 is 15.4 Å². The minimum absolute atomic E-state index is 0.478. The standard InChI is InChI=1S/C20H20Cl2N4OS/c1-12-19(24-20(28)23-14-7-9-15(27-3)10-8-14)13(2)26(25-12)11-16-17(21)5-4-6-18(16)22/h4-10H,11H2,1-3H3,(H2,23,24,28). The molecule has 0 saturated heterocycles. The van der Waals surface area contributed by atoms with Crippen molar-refractivity contribution in [3.05, 3.63) is 69.5 Å². The van der Waals surface area contributed by atoms with Crippen LogP contribution in [0.1, 0.15) is 17.0 Å². The van der Waals surface area contributed by atoms with E-state index in [4.69, 9.17) is 40.2 Å². The summed E-state index contributed by atoms with van der Waals surface area (Å²) in [4.78, 5) is 0. The molecule has 1 aromatic heterocycles. The minimum Gasteiger partial charge on any atom is -0.497 e. The molecule has 1 heterocycles. The maximum atomic E-state index is 6.29. The van der Waals surface area contributed by atoms with E-state index >= 15 is 0 Å². The van der Waals surface area contributed by atoms with Crippen LogP contribution in [0.15, 0.2) is 42.5 Å². The van der Waals surface area contributed by atoms with Gasteiger partial charge in [0.25, 0.3) is 0 Å². The first-order chi connectivity index (χ1) is 13.4. The number of hydrogen-bond donors (Lipinski definition) is 2. The average molecular weight is 435 g/mol. The van der Waals surface area contributed by atoms with Crippen LogP contribution in [0, 0.1) is 13.8 Å². The Kier molecular flexibility index (Phi) is 6.44. The van der Waals surface area contributed by atoms with E-state index in [-0.39, 0.29) is 0 Å². The number of thiocarbonyl (C=S) groups is 1. The maximum absolute atomic E-state index is 6.29. The molecule has 0 atom stereocenters. The first-order valence-electron chi connectivity index (χ1n) is 8.58. The minimum atomic E-state index is 0.478. The lowest BCUT2D eigenvalue weighted by Crippen LogP contribution is -2.20. The molecule has 0 unspecified atom stereocenters. The van der Waals surface area contributed by atoms with Crippen LogP contribution in [0.5, 0.6) is 5.75 Å². The topological polar surface area (TPSA) is 51.1 Å². The molecule has 146 valence electrons. The molecule has 28 heavy (non-hydrogen) atoms. The van der Waals surface area contributed by atoms with Crippen molar-refractivity contribution in [3.63, 3.8) is 0 Å². The second kappa shape index (κ2) is 8.82. The summed E-state index contributed by atoms with van der Waals surface area (Å²) in [5.41, 5.74) is 4.33. The van der Waals surface area contributed by atoms with E-state index in [1.807, 2.05) is 61.0 Å². The fourth-order valence-corrected chi connectivity index (χ4v) is 3.55. The fraction of sp³-hybridized carbons (Fsp3) is 0.200. The van der Waals surface area contributed by atoms with Crippen molar-refractivity contribution >= 4 is 51.9 Å². The summed E-state index contributed by atoms with van der Waals surface area (Å²) in [5.74, 6) is 0.788. The molecule has 3 rings (SSSR count). The van der Waals surface area contributed by atoms with Crippen LogP contribution in [0.25, 0.3) is 0 Å². The predicted octanol–water partition coefficient (Wildman–Crippen LogP) is 5.67. The number of benzene rings is 2. The van der Waals surface area contributed by atoms with Crippen molar-refractivity contribution in [2.45, 2.75) is 20.4 Å². The van der Waals surface area contributed by atoms with Crippen LogP contribution in [-0.4, -0.2) is 22.0 Å². The summed E-state index contributed by atoms with van der Waals surface area (Å²) in [6, 6.07) is 13.0. The van der Waals surface area contributed by atoms with Gasteiger partial charge < -0.3 is 15.4 Å². The molecule has 0 radical (unpaired) electrons. The van der Waals surface area contributed by atoms with Crippen molar-refractivity contribution in [3.8, 4) is 5.75 Å². The van der Waals surface area contributed by atoms with Gasteiger partial charge in [-0.15, -0.1) is 0 Å². The molecule has 0 aliphatic heterocycles.